The van der Waals surface area contributed by atoms with E-state index in [9.17, 15) is 14.4 Å². The van der Waals surface area contributed by atoms with Gasteiger partial charge in [-0.3, -0.25) is 14.6 Å². The molecule has 0 saturated carbocycles. The molecule has 0 spiro atoms. The standard InChI is InChI=1S/C18H11N3O4S/c22-16(10-26-15-9-19-13-7-3-4-8-14(13)20-15)25-21-17(23)11-5-1-2-6-12(11)18(21)24/h1-9H,10H2. The summed E-state index contributed by atoms with van der Waals surface area (Å²) in [5, 5.41) is 1.04. The van der Waals surface area contributed by atoms with Gasteiger partial charge in [0.15, 0.2) is 0 Å². The SMILES string of the molecule is O=C(CSc1cnc2ccccc2n1)ON1C(=O)c2ccccc2C1=O. The first-order chi connectivity index (χ1) is 12.6. The van der Waals surface area contributed by atoms with E-state index >= 15 is 0 Å². The van der Waals surface area contributed by atoms with E-state index in [0.29, 0.717) is 15.6 Å². The number of amides is 2. The minimum absolute atomic E-state index is 0.111. The van der Waals surface area contributed by atoms with Crippen LogP contribution >= 0.6 is 11.8 Å². The van der Waals surface area contributed by atoms with Crippen LogP contribution in [0.3, 0.4) is 0 Å². The van der Waals surface area contributed by atoms with E-state index in [1.54, 1.807) is 18.3 Å². The summed E-state index contributed by atoms with van der Waals surface area (Å²) in [6.07, 6.45) is 1.56. The fraction of sp³-hybridized carbons (Fsp3) is 0.0556. The number of aromatic nitrogens is 2. The van der Waals surface area contributed by atoms with E-state index in [1.807, 2.05) is 24.3 Å². The lowest BCUT2D eigenvalue weighted by atomic mass is 10.1. The van der Waals surface area contributed by atoms with Gasteiger partial charge < -0.3 is 4.84 Å². The molecule has 0 radical (unpaired) electrons. The Morgan fingerprint density at radius 2 is 1.58 bits per heavy atom. The zero-order valence-corrected chi connectivity index (χ0v) is 14.1. The third kappa shape index (κ3) is 2.91. The molecule has 3 aromatic rings. The average molecular weight is 365 g/mol. The smallest absolute Gasteiger partial charge is 0.329 e. The molecule has 2 aromatic carbocycles. The van der Waals surface area contributed by atoms with Gasteiger partial charge in [-0.2, -0.15) is 0 Å². The number of rotatable bonds is 4. The van der Waals surface area contributed by atoms with Crippen molar-refractivity contribution in [2.75, 3.05) is 5.75 Å². The number of carbonyl (C=O) groups excluding carboxylic acids is 3. The van der Waals surface area contributed by atoms with E-state index in [-0.39, 0.29) is 16.9 Å². The number of carbonyl (C=O) groups is 3. The van der Waals surface area contributed by atoms with Crippen LogP contribution in [0, 0.1) is 0 Å². The highest BCUT2D eigenvalue weighted by Gasteiger charge is 2.38. The Morgan fingerprint density at radius 1 is 0.962 bits per heavy atom. The molecule has 2 amide bonds. The Morgan fingerprint density at radius 3 is 2.27 bits per heavy atom. The maximum absolute atomic E-state index is 12.2. The number of nitrogens with zero attached hydrogens (tertiary/aromatic N) is 3. The zero-order chi connectivity index (χ0) is 18.1. The lowest BCUT2D eigenvalue weighted by Gasteiger charge is -2.12. The minimum Gasteiger partial charge on any atom is -0.329 e. The maximum atomic E-state index is 12.2. The Labute approximate surface area is 151 Å². The number of hydroxylamine groups is 2. The van der Waals surface area contributed by atoms with Gasteiger partial charge in [0, 0.05) is 0 Å². The van der Waals surface area contributed by atoms with Crippen LogP contribution in [0.1, 0.15) is 20.7 Å². The monoisotopic (exact) mass is 365 g/mol. The molecule has 0 fully saturated rings. The molecule has 4 rings (SSSR count). The summed E-state index contributed by atoms with van der Waals surface area (Å²) in [6, 6.07) is 13.7. The molecule has 0 aliphatic carbocycles. The van der Waals surface area contributed by atoms with Crippen molar-refractivity contribution in [3.8, 4) is 0 Å². The third-order valence-corrected chi connectivity index (χ3v) is 4.59. The summed E-state index contributed by atoms with van der Waals surface area (Å²) in [5.41, 5.74) is 1.91. The van der Waals surface area contributed by atoms with Crippen molar-refractivity contribution in [1.82, 2.24) is 15.0 Å². The highest BCUT2D eigenvalue weighted by molar-refractivity contribution is 7.99. The molecule has 1 aromatic heterocycles. The van der Waals surface area contributed by atoms with Gasteiger partial charge in [-0.25, -0.2) is 9.78 Å². The fourth-order valence-electron chi connectivity index (χ4n) is 2.52. The average Bonchev–Trinajstić information content (AvgIpc) is 2.91. The van der Waals surface area contributed by atoms with Crippen molar-refractivity contribution in [2.45, 2.75) is 5.03 Å². The first kappa shape index (κ1) is 16.2. The van der Waals surface area contributed by atoms with Crippen molar-refractivity contribution < 1.29 is 19.2 Å². The molecule has 0 atom stereocenters. The first-order valence-electron chi connectivity index (χ1n) is 7.67. The number of hydrogen-bond acceptors (Lipinski definition) is 7. The summed E-state index contributed by atoms with van der Waals surface area (Å²) in [5.74, 6) is -2.12. The summed E-state index contributed by atoms with van der Waals surface area (Å²) in [7, 11) is 0. The quantitative estimate of drug-likeness (QED) is 0.518. The van der Waals surface area contributed by atoms with Crippen molar-refractivity contribution >= 4 is 40.6 Å². The van der Waals surface area contributed by atoms with Gasteiger partial charge in [0.2, 0.25) is 0 Å². The van der Waals surface area contributed by atoms with Crippen molar-refractivity contribution in [2.24, 2.45) is 0 Å². The van der Waals surface area contributed by atoms with Gasteiger partial charge in [0.05, 0.1) is 28.4 Å². The van der Waals surface area contributed by atoms with Crippen molar-refractivity contribution in [3.05, 3.63) is 65.9 Å². The summed E-state index contributed by atoms with van der Waals surface area (Å²) < 4.78 is 0. The van der Waals surface area contributed by atoms with Gasteiger partial charge in [-0.15, -0.1) is 0 Å². The predicted octanol–water partition coefficient (Wildman–Crippen LogP) is 2.48. The predicted molar refractivity (Wildman–Crippen MR) is 93.3 cm³/mol. The first-order valence-corrected chi connectivity index (χ1v) is 8.65. The van der Waals surface area contributed by atoms with Gasteiger partial charge in [0.25, 0.3) is 11.8 Å². The second kappa shape index (κ2) is 6.57. The molecular formula is C18H11N3O4S. The third-order valence-electron chi connectivity index (χ3n) is 3.71. The molecule has 8 heteroatoms. The second-order valence-corrected chi connectivity index (χ2v) is 6.39. The molecule has 26 heavy (non-hydrogen) atoms. The van der Waals surface area contributed by atoms with E-state index in [0.717, 1.165) is 17.3 Å². The molecular weight excluding hydrogens is 354 g/mol. The van der Waals surface area contributed by atoms with E-state index in [1.165, 1.54) is 12.1 Å². The molecule has 2 heterocycles. The van der Waals surface area contributed by atoms with Crippen LogP contribution in [0.4, 0.5) is 0 Å². The largest absolute Gasteiger partial charge is 0.343 e. The van der Waals surface area contributed by atoms with E-state index in [4.69, 9.17) is 4.84 Å². The van der Waals surface area contributed by atoms with E-state index < -0.39 is 17.8 Å². The molecule has 1 aliphatic rings. The Balaban J connectivity index is 1.41. The molecule has 0 unspecified atom stereocenters. The number of benzene rings is 2. The lowest BCUT2D eigenvalue weighted by molar-refractivity contribution is -0.165. The van der Waals surface area contributed by atoms with Crippen LogP contribution in [0.25, 0.3) is 11.0 Å². The number of fused-ring (bicyclic) bond motifs is 2. The Hall–Kier alpha value is -3.26. The lowest BCUT2D eigenvalue weighted by Crippen LogP contribution is -2.33. The van der Waals surface area contributed by atoms with Crippen LogP contribution in [-0.4, -0.2) is 38.6 Å². The summed E-state index contributed by atoms with van der Waals surface area (Å²) in [6.45, 7) is 0. The summed E-state index contributed by atoms with van der Waals surface area (Å²) >= 11 is 1.12. The van der Waals surface area contributed by atoms with Gasteiger partial charge >= 0.3 is 5.97 Å². The van der Waals surface area contributed by atoms with Crippen LogP contribution in [0.2, 0.25) is 0 Å². The summed E-state index contributed by atoms with van der Waals surface area (Å²) in [4.78, 5) is 50.0. The van der Waals surface area contributed by atoms with Crippen LogP contribution in [0.15, 0.2) is 59.8 Å². The van der Waals surface area contributed by atoms with E-state index in [2.05, 4.69) is 9.97 Å². The Kier molecular flexibility index (Phi) is 4.10. The highest BCUT2D eigenvalue weighted by Crippen LogP contribution is 2.23. The van der Waals surface area contributed by atoms with Gasteiger partial charge in [-0.1, -0.05) is 41.1 Å². The van der Waals surface area contributed by atoms with Gasteiger partial charge in [-0.05, 0) is 24.3 Å². The zero-order valence-electron chi connectivity index (χ0n) is 13.3. The molecule has 128 valence electrons. The van der Waals surface area contributed by atoms with Crippen LogP contribution < -0.4 is 0 Å². The van der Waals surface area contributed by atoms with Crippen molar-refractivity contribution in [3.63, 3.8) is 0 Å². The topological polar surface area (TPSA) is 89.5 Å². The number of imide groups is 1. The molecule has 7 nitrogen and oxygen atoms in total. The Bertz CT molecular complexity index is 1020. The normalized spacial score (nSPS) is 13.2. The van der Waals surface area contributed by atoms with Gasteiger partial charge in [0.1, 0.15) is 10.8 Å². The fourth-order valence-corrected chi connectivity index (χ4v) is 3.13. The maximum Gasteiger partial charge on any atom is 0.343 e. The van der Waals surface area contributed by atoms with Crippen LogP contribution in [0.5, 0.6) is 0 Å². The molecule has 0 saturated heterocycles. The molecule has 0 bridgehead atoms. The molecule has 1 aliphatic heterocycles. The highest BCUT2D eigenvalue weighted by atomic mass is 32.2. The van der Waals surface area contributed by atoms with Crippen LogP contribution in [-0.2, 0) is 9.63 Å². The number of para-hydroxylation sites is 2. The second-order valence-electron chi connectivity index (χ2n) is 5.40. The minimum atomic E-state index is -0.723. The van der Waals surface area contributed by atoms with Crippen molar-refractivity contribution in [1.29, 1.82) is 0 Å². The number of thioether (sulfide) groups is 1. The number of hydrogen-bond donors (Lipinski definition) is 0. The molecule has 0 N–H and O–H groups in total.